The van der Waals surface area contributed by atoms with Gasteiger partial charge in [-0.1, -0.05) is 45.9 Å². The predicted molar refractivity (Wildman–Crippen MR) is 221 cm³/mol. The number of ketones is 1. The lowest BCUT2D eigenvalue weighted by molar-refractivity contribution is -0.298. The number of hydrogen-bond donors (Lipinski definition) is 2. The van der Waals surface area contributed by atoms with Crippen molar-refractivity contribution in [1.29, 1.82) is 0 Å². The summed E-state index contributed by atoms with van der Waals surface area (Å²) in [5.41, 5.74) is 3.20. The third-order valence-corrected chi connectivity index (χ3v) is 13.4. The Labute approximate surface area is 349 Å². The topological polar surface area (TPSA) is 166 Å². The average Bonchev–Trinajstić information content (AvgIpc) is 3.47. The van der Waals surface area contributed by atoms with Crippen molar-refractivity contribution in [2.24, 2.45) is 23.5 Å². The van der Waals surface area contributed by atoms with Crippen LogP contribution in [-0.4, -0.2) is 143 Å². The first-order chi connectivity index (χ1) is 27.6. The molecule has 1 aromatic heterocycles. The maximum absolute atomic E-state index is 17.0. The molecule has 0 aliphatic carbocycles. The molecule has 5 rings (SSSR count). The maximum Gasteiger partial charge on any atom is 0.425 e. The summed E-state index contributed by atoms with van der Waals surface area (Å²) >= 11 is 0. The number of ether oxygens (including phenoxy) is 5. The number of hydrogen-bond acceptors (Lipinski definition) is 13. The number of nitrogens with zero attached hydrogens (tertiary/aromatic N) is 4. The first-order valence-corrected chi connectivity index (χ1v) is 21.1. The summed E-state index contributed by atoms with van der Waals surface area (Å²) in [7, 11) is 5.46. The van der Waals surface area contributed by atoms with E-state index in [4.69, 9.17) is 29.4 Å². The number of cyclic esters (lactones) is 1. The largest absolute Gasteiger partial charge is 0.456 e. The van der Waals surface area contributed by atoms with Crippen LogP contribution in [0.5, 0.6) is 0 Å². The Kier molecular flexibility index (Phi) is 14.5. The molecule has 0 bridgehead atoms. The number of carbonyl (C=O) groups excluding carboxylic acids is 3. The number of aliphatic hydroxyl groups excluding tert-OH is 1. The van der Waals surface area contributed by atoms with Crippen molar-refractivity contribution in [3.63, 3.8) is 0 Å². The fourth-order valence-electron chi connectivity index (χ4n) is 9.58. The minimum atomic E-state index is -3.16. The normalized spacial score (nSPS) is 39.0. The summed E-state index contributed by atoms with van der Waals surface area (Å²) < 4.78 is 48.7. The van der Waals surface area contributed by atoms with Crippen LogP contribution in [0.3, 0.4) is 0 Å². The molecule has 14 nitrogen and oxygen atoms in total. The lowest BCUT2D eigenvalue weighted by Gasteiger charge is -2.48. The molecule has 3 N–H and O–H groups in total. The van der Waals surface area contributed by atoms with Crippen molar-refractivity contribution >= 4 is 28.7 Å². The number of carbonyl (C=O) groups is 3. The van der Waals surface area contributed by atoms with Gasteiger partial charge in [0.15, 0.2) is 17.7 Å². The van der Waals surface area contributed by atoms with E-state index >= 15 is 4.39 Å². The molecule has 330 valence electrons. The molecular weight excluding hydrogens is 762 g/mol. The second-order valence-electron chi connectivity index (χ2n) is 18.0. The van der Waals surface area contributed by atoms with Crippen LogP contribution in [0.15, 0.2) is 36.5 Å². The number of aliphatic hydroxyl groups is 1. The van der Waals surface area contributed by atoms with E-state index < -0.39 is 83.2 Å². The van der Waals surface area contributed by atoms with Crippen LogP contribution in [0.25, 0.3) is 10.9 Å². The summed E-state index contributed by atoms with van der Waals surface area (Å²) in [4.78, 5) is 48.5. The molecule has 1 amide bonds. The number of alkyl halides is 1. The Morgan fingerprint density at radius 1 is 1.05 bits per heavy atom. The summed E-state index contributed by atoms with van der Waals surface area (Å²) in [6.45, 7) is 15.7. The number of aromatic nitrogens is 1. The lowest BCUT2D eigenvalue weighted by Crippen LogP contribution is -2.63. The van der Waals surface area contributed by atoms with E-state index in [2.05, 4.69) is 11.1 Å². The Bertz CT molecular complexity index is 1800. The number of esters is 1. The van der Waals surface area contributed by atoms with Gasteiger partial charge in [-0.2, -0.15) is 0 Å². The molecule has 15 heteroatoms. The van der Waals surface area contributed by atoms with E-state index in [1.165, 1.54) is 18.9 Å². The minimum absolute atomic E-state index is 0.208. The van der Waals surface area contributed by atoms with E-state index in [1.807, 2.05) is 77.9 Å². The summed E-state index contributed by atoms with van der Waals surface area (Å²) in [5.74, 6) is -4.67. The number of benzene rings is 1. The molecule has 1 aromatic carbocycles. The zero-order valence-corrected chi connectivity index (χ0v) is 37.0. The van der Waals surface area contributed by atoms with Crippen molar-refractivity contribution in [3.8, 4) is 0 Å². The van der Waals surface area contributed by atoms with Gasteiger partial charge in [-0.25, -0.2) is 24.0 Å². The molecule has 3 fully saturated rings. The first kappa shape index (κ1) is 46.8. The Balaban J connectivity index is 1.59. The predicted octanol–water partition coefficient (Wildman–Crippen LogP) is 5.07. The fraction of sp³-hybridized carbons (Fsp3) is 0.727. The third kappa shape index (κ3) is 9.31. The molecule has 0 saturated carbocycles. The van der Waals surface area contributed by atoms with Crippen molar-refractivity contribution in [2.45, 2.75) is 154 Å². The van der Waals surface area contributed by atoms with Gasteiger partial charge in [-0.15, -0.1) is 0 Å². The van der Waals surface area contributed by atoms with Gasteiger partial charge >= 0.3 is 12.1 Å². The number of fused-ring (bicyclic) bond motifs is 2. The number of hydrazine groups is 1. The number of rotatable bonds is 10. The molecule has 4 heterocycles. The zero-order chi connectivity index (χ0) is 43.8. The molecule has 3 saturated heterocycles. The monoisotopic (exact) mass is 830 g/mol. The van der Waals surface area contributed by atoms with E-state index in [-0.39, 0.29) is 31.1 Å². The fourth-order valence-corrected chi connectivity index (χ4v) is 9.58. The van der Waals surface area contributed by atoms with Crippen molar-refractivity contribution in [2.75, 3.05) is 34.3 Å². The molecule has 3 aliphatic heterocycles. The molecule has 14 atom stereocenters. The van der Waals surface area contributed by atoms with Crippen molar-refractivity contribution < 1.29 is 47.6 Å². The highest BCUT2D eigenvalue weighted by Gasteiger charge is 2.62. The maximum atomic E-state index is 17.0. The highest BCUT2D eigenvalue weighted by molar-refractivity contribution is 6.07. The lowest BCUT2D eigenvalue weighted by atomic mass is 9.72. The number of Topliss-reactive ketones (excluding diaryl/α,β-unsaturated/α-hetero) is 1. The van der Waals surface area contributed by atoms with Gasteiger partial charge < -0.3 is 39.4 Å². The number of likely N-dealkylation sites (N-methyl/N-ethyl adjacent to an activating group) is 1. The molecule has 2 unspecified atom stereocenters. The number of amides is 1. The van der Waals surface area contributed by atoms with Crippen LogP contribution in [0.2, 0.25) is 0 Å². The van der Waals surface area contributed by atoms with Gasteiger partial charge in [0, 0.05) is 49.8 Å². The van der Waals surface area contributed by atoms with E-state index in [0.717, 1.165) is 23.4 Å². The van der Waals surface area contributed by atoms with E-state index in [9.17, 15) is 19.5 Å². The van der Waals surface area contributed by atoms with Crippen LogP contribution in [0.4, 0.5) is 9.18 Å². The summed E-state index contributed by atoms with van der Waals surface area (Å²) in [6, 6.07) is 8.21. The molecule has 0 spiro atoms. The molecule has 0 radical (unpaired) electrons. The Morgan fingerprint density at radius 3 is 2.41 bits per heavy atom. The van der Waals surface area contributed by atoms with Crippen LogP contribution < -0.4 is 5.73 Å². The smallest absolute Gasteiger partial charge is 0.425 e. The Hall–Kier alpha value is -3.31. The van der Waals surface area contributed by atoms with Crippen molar-refractivity contribution in [1.82, 2.24) is 19.9 Å². The van der Waals surface area contributed by atoms with Gasteiger partial charge in [0.2, 0.25) is 0 Å². The number of nitrogens with two attached hydrogens (primary N) is 1. The molecule has 3 aliphatic rings. The SMILES string of the molecule is CCN(C)N1C(=O)O[C@]2(C)[C@@H](C)OC(=O)C(C)(F)C(=O)[C@H](C)[C@@H](O[C@@H]3O[C@H](C)C[C@H](N(C)C)[C@H]3O)[C@@](C)(OCCCc3cccc4ncccc34)C[C@@H](C)C(N)[C@H](C)[C@@H]12. The standard InChI is InChI=1S/C44H68FN5O9/c1-13-49(12)50-36-27(4)34(46)25(2)24-42(7,55-22-16-18-30-17-14-20-32-31(30)19-15-21-47-32)38(58-39-35(51)33(48(10)11)23-26(3)56-39)28(5)37(52)43(8,45)40(53)57-29(6)44(36,9)59-41(50)54/h14-15,17,19-21,25-29,33-36,38-39,51H,13,16,18,22-24,46H2,1-12H3/t25-,26-,27+,28+,29-,33+,34?,35-,36-,38-,39+,42+,43?,44-/m1/s1. The first-order valence-electron chi connectivity index (χ1n) is 21.1. The molecular formula is C44H68FN5O9. The van der Waals surface area contributed by atoms with Crippen LogP contribution in [-0.2, 0) is 39.7 Å². The highest BCUT2D eigenvalue weighted by atomic mass is 19.1. The van der Waals surface area contributed by atoms with E-state index in [1.54, 1.807) is 25.2 Å². The van der Waals surface area contributed by atoms with Gasteiger partial charge in [0.05, 0.1) is 29.4 Å². The van der Waals surface area contributed by atoms with Crippen molar-refractivity contribution in [3.05, 3.63) is 42.1 Å². The number of halogens is 1. The van der Waals surface area contributed by atoms with Crippen LogP contribution in [0.1, 0.15) is 87.1 Å². The summed E-state index contributed by atoms with van der Waals surface area (Å²) in [5, 5.41) is 15.9. The second kappa shape index (κ2) is 18.3. The minimum Gasteiger partial charge on any atom is -0.456 e. The molecule has 59 heavy (non-hydrogen) atoms. The zero-order valence-electron chi connectivity index (χ0n) is 37.0. The summed E-state index contributed by atoms with van der Waals surface area (Å²) in [6.07, 6.45) is -2.06. The second-order valence-corrected chi connectivity index (χ2v) is 18.0. The van der Waals surface area contributed by atoms with E-state index in [0.29, 0.717) is 25.8 Å². The number of pyridine rings is 1. The molecule has 2 aromatic rings. The van der Waals surface area contributed by atoms with Gasteiger partial charge in [0.25, 0.3) is 5.67 Å². The average molecular weight is 830 g/mol. The number of aryl methyl sites for hydroxylation is 1. The quantitative estimate of drug-likeness (QED) is 0.186. The van der Waals surface area contributed by atoms with Gasteiger partial charge in [0.1, 0.15) is 12.2 Å². The van der Waals surface area contributed by atoms with Gasteiger partial charge in [-0.3, -0.25) is 9.78 Å². The van der Waals surface area contributed by atoms with Crippen LogP contribution >= 0.6 is 0 Å². The Morgan fingerprint density at radius 2 is 1.75 bits per heavy atom. The van der Waals surface area contributed by atoms with Crippen LogP contribution in [0, 0.1) is 17.8 Å². The third-order valence-electron chi connectivity index (χ3n) is 13.4. The van der Waals surface area contributed by atoms with Gasteiger partial charge in [-0.05, 0) is 104 Å². The highest BCUT2D eigenvalue weighted by Crippen LogP contribution is 2.44.